The molecular weight excluding hydrogens is 258 g/mol. The summed E-state index contributed by atoms with van der Waals surface area (Å²) in [5, 5.41) is 33.9. The summed E-state index contributed by atoms with van der Waals surface area (Å²) >= 11 is 0. The van der Waals surface area contributed by atoms with Crippen LogP contribution < -0.4 is 5.01 Å². The van der Waals surface area contributed by atoms with E-state index in [4.69, 9.17) is 10.5 Å². The van der Waals surface area contributed by atoms with E-state index in [0.717, 1.165) is 5.69 Å². The quantitative estimate of drug-likeness (QED) is 0.473. The zero-order valence-electron chi connectivity index (χ0n) is 10.4. The molecule has 0 atom stereocenters. The molecule has 0 saturated heterocycles. The molecule has 0 saturated carbocycles. The molecule has 0 spiro atoms. The highest BCUT2D eigenvalue weighted by atomic mass is 16.6. The fraction of sp³-hybridized carbons (Fsp3) is 0.154. The van der Waals surface area contributed by atoms with Gasteiger partial charge in [-0.25, -0.2) is 0 Å². The molecule has 0 fully saturated rings. The molecule has 0 radical (unpaired) electrons. The number of non-ortho nitro benzene ring substituents is 1. The lowest BCUT2D eigenvalue weighted by molar-refractivity contribution is -0.384. The Morgan fingerprint density at radius 1 is 1.35 bits per heavy atom. The minimum absolute atomic E-state index is 0.00861. The van der Waals surface area contributed by atoms with Crippen LogP contribution in [0.25, 0.3) is 0 Å². The second-order valence-electron chi connectivity index (χ2n) is 4.02. The van der Waals surface area contributed by atoms with Crippen LogP contribution in [0.5, 0.6) is 0 Å². The van der Waals surface area contributed by atoms with Gasteiger partial charge in [0.1, 0.15) is 17.7 Å². The number of nitro groups is 1. The topological polar surface area (TPSA) is 106 Å². The van der Waals surface area contributed by atoms with E-state index >= 15 is 0 Å². The van der Waals surface area contributed by atoms with Crippen LogP contribution in [0, 0.1) is 32.8 Å². The molecule has 0 bridgehead atoms. The highest BCUT2D eigenvalue weighted by Crippen LogP contribution is 2.22. The molecule has 0 aromatic heterocycles. The summed E-state index contributed by atoms with van der Waals surface area (Å²) in [4.78, 5) is 10.1. The Morgan fingerprint density at radius 2 is 2.00 bits per heavy atom. The van der Waals surface area contributed by atoms with Crippen molar-refractivity contribution in [1.29, 1.82) is 10.5 Å². The second kappa shape index (κ2) is 5.63. The fourth-order valence-electron chi connectivity index (χ4n) is 1.77. The Morgan fingerprint density at radius 3 is 2.55 bits per heavy atom. The maximum atomic E-state index is 10.6. The number of hydrazone groups is 1. The number of rotatable bonds is 3. The van der Waals surface area contributed by atoms with Crippen molar-refractivity contribution in [2.45, 2.75) is 6.42 Å². The van der Waals surface area contributed by atoms with Crippen LogP contribution in [0.15, 0.2) is 41.0 Å². The van der Waals surface area contributed by atoms with Gasteiger partial charge in [-0.3, -0.25) is 15.1 Å². The molecule has 1 aliphatic rings. The third-order valence-electron chi connectivity index (χ3n) is 2.74. The Labute approximate surface area is 114 Å². The minimum Gasteiger partial charge on any atom is -0.265 e. The molecule has 0 aliphatic carbocycles. The molecule has 7 nitrogen and oxygen atoms in total. The SMILES string of the molecule is N#CC(C#N)=CC1=NN(c2ccc([N+](=O)[O-])cc2)CC1. The zero-order chi connectivity index (χ0) is 14.5. The Balaban J connectivity index is 2.18. The molecule has 0 unspecified atom stereocenters. The van der Waals surface area contributed by atoms with Crippen molar-refractivity contribution in [1.82, 2.24) is 0 Å². The average molecular weight is 267 g/mol. The standard InChI is InChI=1S/C13H9N5O2/c14-8-10(9-15)7-11-5-6-17(16-11)12-1-3-13(4-2-12)18(19)20/h1-4,7H,5-6H2. The number of nitro benzene ring substituents is 1. The highest BCUT2D eigenvalue weighted by molar-refractivity contribution is 5.99. The van der Waals surface area contributed by atoms with Crippen molar-refractivity contribution in [2.24, 2.45) is 5.10 Å². The highest BCUT2D eigenvalue weighted by Gasteiger charge is 2.16. The molecule has 98 valence electrons. The van der Waals surface area contributed by atoms with Gasteiger partial charge in [0.05, 0.1) is 16.3 Å². The van der Waals surface area contributed by atoms with Crippen LogP contribution in [0.2, 0.25) is 0 Å². The molecule has 1 heterocycles. The molecule has 1 aromatic carbocycles. The number of hydrogen-bond donors (Lipinski definition) is 0. The van der Waals surface area contributed by atoms with Crippen molar-refractivity contribution >= 4 is 17.1 Å². The molecular formula is C13H9N5O2. The molecule has 0 amide bonds. The van der Waals surface area contributed by atoms with Crippen LogP contribution in [0.4, 0.5) is 11.4 Å². The number of allylic oxidation sites excluding steroid dienone is 2. The first-order chi connectivity index (χ1) is 9.63. The Kier molecular flexibility index (Phi) is 3.73. The normalized spacial score (nSPS) is 13.1. The van der Waals surface area contributed by atoms with Crippen LogP contribution in [0.3, 0.4) is 0 Å². The monoisotopic (exact) mass is 267 g/mol. The molecule has 2 rings (SSSR count). The van der Waals surface area contributed by atoms with Crippen molar-refractivity contribution in [3.05, 3.63) is 46.0 Å². The predicted molar refractivity (Wildman–Crippen MR) is 71.8 cm³/mol. The minimum atomic E-state index is -0.461. The van der Waals surface area contributed by atoms with Crippen molar-refractivity contribution in [2.75, 3.05) is 11.6 Å². The van der Waals surface area contributed by atoms with Gasteiger partial charge in [0.25, 0.3) is 5.69 Å². The van der Waals surface area contributed by atoms with E-state index in [2.05, 4.69) is 5.10 Å². The van der Waals surface area contributed by atoms with E-state index in [1.807, 2.05) is 0 Å². The third kappa shape index (κ3) is 2.79. The summed E-state index contributed by atoms with van der Waals surface area (Å²) in [5.41, 5.74) is 1.40. The lowest BCUT2D eigenvalue weighted by atomic mass is 10.2. The summed E-state index contributed by atoms with van der Waals surface area (Å²) in [6.07, 6.45) is 2.06. The van der Waals surface area contributed by atoms with Gasteiger partial charge in [-0.15, -0.1) is 0 Å². The van der Waals surface area contributed by atoms with Crippen molar-refractivity contribution in [3.63, 3.8) is 0 Å². The number of benzene rings is 1. The van der Waals surface area contributed by atoms with Crippen LogP contribution in [-0.4, -0.2) is 17.2 Å². The number of nitrogens with zero attached hydrogens (tertiary/aromatic N) is 5. The maximum Gasteiger partial charge on any atom is 0.269 e. The molecule has 0 N–H and O–H groups in total. The summed E-state index contributed by atoms with van der Waals surface area (Å²) in [7, 11) is 0. The van der Waals surface area contributed by atoms with Gasteiger partial charge in [-0.05, 0) is 18.2 Å². The van der Waals surface area contributed by atoms with E-state index in [1.165, 1.54) is 18.2 Å². The van der Waals surface area contributed by atoms with Gasteiger partial charge in [-0.2, -0.15) is 15.6 Å². The number of nitriles is 2. The fourth-order valence-corrected chi connectivity index (χ4v) is 1.77. The lowest BCUT2D eigenvalue weighted by Crippen LogP contribution is -2.11. The second-order valence-corrected chi connectivity index (χ2v) is 4.02. The van der Waals surface area contributed by atoms with Gasteiger partial charge in [0.15, 0.2) is 0 Å². The van der Waals surface area contributed by atoms with Gasteiger partial charge in [-0.1, -0.05) is 0 Å². The molecule has 20 heavy (non-hydrogen) atoms. The zero-order valence-corrected chi connectivity index (χ0v) is 10.4. The molecule has 1 aromatic rings. The third-order valence-corrected chi connectivity index (χ3v) is 2.74. The smallest absolute Gasteiger partial charge is 0.265 e. The van der Waals surface area contributed by atoms with Gasteiger partial charge in [0, 0.05) is 25.1 Å². The Bertz CT molecular complexity index is 660. The first-order valence-electron chi connectivity index (χ1n) is 5.75. The van der Waals surface area contributed by atoms with E-state index in [9.17, 15) is 10.1 Å². The number of hydrogen-bond acceptors (Lipinski definition) is 6. The predicted octanol–water partition coefficient (Wildman–Crippen LogP) is 2.13. The van der Waals surface area contributed by atoms with E-state index < -0.39 is 4.92 Å². The van der Waals surface area contributed by atoms with E-state index in [-0.39, 0.29) is 11.3 Å². The molecule has 1 aliphatic heterocycles. The largest absolute Gasteiger partial charge is 0.269 e. The van der Waals surface area contributed by atoms with Crippen molar-refractivity contribution < 1.29 is 4.92 Å². The first kappa shape index (κ1) is 13.2. The van der Waals surface area contributed by atoms with Crippen LogP contribution in [-0.2, 0) is 0 Å². The lowest BCUT2D eigenvalue weighted by Gasteiger charge is -2.12. The van der Waals surface area contributed by atoms with E-state index in [0.29, 0.717) is 18.7 Å². The van der Waals surface area contributed by atoms with Crippen LogP contribution in [0.1, 0.15) is 6.42 Å². The molecule has 7 heteroatoms. The maximum absolute atomic E-state index is 10.6. The summed E-state index contributed by atoms with van der Waals surface area (Å²) < 4.78 is 0. The summed E-state index contributed by atoms with van der Waals surface area (Å²) in [6, 6.07) is 9.61. The van der Waals surface area contributed by atoms with Crippen molar-refractivity contribution in [3.8, 4) is 12.1 Å². The van der Waals surface area contributed by atoms with Gasteiger partial charge < -0.3 is 0 Å². The first-order valence-corrected chi connectivity index (χ1v) is 5.75. The number of anilines is 1. The summed E-state index contributed by atoms with van der Waals surface area (Å²) in [6.45, 7) is 0.605. The summed E-state index contributed by atoms with van der Waals surface area (Å²) in [5.74, 6) is 0. The van der Waals surface area contributed by atoms with Crippen LogP contribution >= 0.6 is 0 Å². The average Bonchev–Trinajstić information content (AvgIpc) is 2.93. The Hall–Kier alpha value is -3.19. The van der Waals surface area contributed by atoms with E-state index in [1.54, 1.807) is 29.3 Å². The van der Waals surface area contributed by atoms with Gasteiger partial charge >= 0.3 is 0 Å². The van der Waals surface area contributed by atoms with Gasteiger partial charge in [0.2, 0.25) is 0 Å².